The lowest BCUT2D eigenvalue weighted by Gasteiger charge is -2.25. The number of nitrogens with one attached hydrogen (secondary N) is 3. The maximum Gasteiger partial charge on any atom is 0.408 e. The molecule has 3 N–H and O–H groups in total. The summed E-state index contributed by atoms with van der Waals surface area (Å²) in [6.07, 6.45) is 1.11. The quantitative estimate of drug-likeness (QED) is 0.635. The molecule has 8 nitrogen and oxygen atoms in total. The van der Waals surface area contributed by atoms with E-state index in [0.717, 1.165) is 12.0 Å². The van der Waals surface area contributed by atoms with Gasteiger partial charge in [-0.2, -0.15) is 0 Å². The van der Waals surface area contributed by atoms with Crippen LogP contribution in [0.1, 0.15) is 38.7 Å². The summed E-state index contributed by atoms with van der Waals surface area (Å²) in [7, 11) is 0. The molecule has 8 heteroatoms. The van der Waals surface area contributed by atoms with Crippen LogP contribution < -0.4 is 16.0 Å². The molecule has 0 saturated carbocycles. The van der Waals surface area contributed by atoms with E-state index in [1.807, 2.05) is 30.3 Å². The second-order valence-corrected chi connectivity index (χ2v) is 7.10. The van der Waals surface area contributed by atoms with Gasteiger partial charge in [0.1, 0.15) is 12.6 Å². The third-order valence-electron chi connectivity index (χ3n) is 4.50. The minimum Gasteiger partial charge on any atom is -0.445 e. The molecule has 1 heterocycles. The van der Waals surface area contributed by atoms with E-state index in [4.69, 9.17) is 4.74 Å². The molecule has 3 amide bonds. The van der Waals surface area contributed by atoms with Gasteiger partial charge in [0.15, 0.2) is 0 Å². The molecule has 1 aromatic carbocycles. The third-order valence-corrected chi connectivity index (χ3v) is 4.50. The largest absolute Gasteiger partial charge is 0.445 e. The van der Waals surface area contributed by atoms with Crippen molar-refractivity contribution in [3.8, 4) is 0 Å². The van der Waals surface area contributed by atoms with Crippen LogP contribution in [0.2, 0.25) is 0 Å². The fourth-order valence-electron chi connectivity index (χ4n) is 2.88. The zero-order valence-electron chi connectivity index (χ0n) is 16.2. The van der Waals surface area contributed by atoms with Crippen LogP contribution in [0, 0.1) is 5.92 Å². The molecular formula is C20H27N3O5. The Balaban J connectivity index is 1.93. The number of Topliss-reactive ketones (excluding diaryl/α,β-unsaturated/α-hetero) is 1. The standard InChI is InChI=1S/C20H27N3O5/c1-13(2)16(23-20(27)28-12-14-8-4-3-5-9-14)18(25)22-15-10-6-7-11-21-19(26)17(15)24/h3-5,8-9,13,15-16H,6-7,10-12H2,1-2H3,(H,21,26)(H,22,25)(H,23,27). The lowest BCUT2D eigenvalue weighted by atomic mass is 9.99. The fraction of sp³-hybridized carbons (Fsp3) is 0.500. The molecular weight excluding hydrogens is 362 g/mol. The molecule has 1 fully saturated rings. The Morgan fingerprint density at radius 1 is 1.18 bits per heavy atom. The number of amides is 3. The summed E-state index contributed by atoms with van der Waals surface area (Å²) in [5.74, 6) is -2.11. The maximum atomic E-state index is 12.6. The average molecular weight is 389 g/mol. The van der Waals surface area contributed by atoms with Gasteiger partial charge in [-0.1, -0.05) is 44.2 Å². The smallest absolute Gasteiger partial charge is 0.408 e. The van der Waals surface area contributed by atoms with Crippen LogP contribution in [0.4, 0.5) is 4.79 Å². The van der Waals surface area contributed by atoms with Crippen LogP contribution in [0.5, 0.6) is 0 Å². The van der Waals surface area contributed by atoms with Gasteiger partial charge in [0, 0.05) is 6.54 Å². The Labute approximate surface area is 164 Å². The van der Waals surface area contributed by atoms with E-state index in [9.17, 15) is 19.2 Å². The van der Waals surface area contributed by atoms with E-state index < -0.39 is 35.8 Å². The van der Waals surface area contributed by atoms with Crippen molar-refractivity contribution in [2.45, 2.75) is 51.8 Å². The van der Waals surface area contributed by atoms with Crippen LogP contribution in [0.3, 0.4) is 0 Å². The molecule has 0 radical (unpaired) electrons. The average Bonchev–Trinajstić information content (AvgIpc) is 2.68. The first-order chi connectivity index (χ1) is 13.4. The second kappa shape index (κ2) is 10.4. The second-order valence-electron chi connectivity index (χ2n) is 7.10. The lowest BCUT2D eigenvalue weighted by Crippen LogP contribution is -2.56. The number of benzene rings is 1. The molecule has 1 aliphatic rings. The van der Waals surface area contributed by atoms with E-state index in [1.165, 1.54) is 0 Å². The van der Waals surface area contributed by atoms with Gasteiger partial charge in [0.05, 0.1) is 6.04 Å². The van der Waals surface area contributed by atoms with Crippen molar-refractivity contribution < 1.29 is 23.9 Å². The Bertz CT molecular complexity index is 705. The fourth-order valence-corrected chi connectivity index (χ4v) is 2.88. The van der Waals surface area contributed by atoms with Gasteiger partial charge in [-0.15, -0.1) is 0 Å². The minimum absolute atomic E-state index is 0.0837. The Hall–Kier alpha value is -2.90. The summed E-state index contributed by atoms with van der Waals surface area (Å²) >= 11 is 0. The van der Waals surface area contributed by atoms with E-state index in [-0.39, 0.29) is 12.5 Å². The van der Waals surface area contributed by atoms with Crippen LogP contribution in [-0.4, -0.2) is 42.3 Å². The monoisotopic (exact) mass is 389 g/mol. The zero-order chi connectivity index (χ0) is 20.5. The van der Waals surface area contributed by atoms with Crippen molar-refractivity contribution in [2.24, 2.45) is 5.92 Å². The first kappa shape index (κ1) is 21.4. The van der Waals surface area contributed by atoms with Gasteiger partial charge in [-0.25, -0.2) is 4.79 Å². The van der Waals surface area contributed by atoms with Crippen molar-refractivity contribution in [2.75, 3.05) is 6.54 Å². The van der Waals surface area contributed by atoms with Crippen molar-refractivity contribution in [1.82, 2.24) is 16.0 Å². The van der Waals surface area contributed by atoms with Gasteiger partial charge >= 0.3 is 6.09 Å². The number of hydrogen-bond donors (Lipinski definition) is 3. The van der Waals surface area contributed by atoms with Crippen molar-refractivity contribution >= 4 is 23.7 Å². The maximum absolute atomic E-state index is 12.6. The van der Waals surface area contributed by atoms with Crippen LogP contribution in [-0.2, 0) is 25.7 Å². The molecule has 1 aliphatic heterocycles. The number of carbonyl (C=O) groups is 4. The number of hydrogen-bond acceptors (Lipinski definition) is 5. The summed E-state index contributed by atoms with van der Waals surface area (Å²) in [5.41, 5.74) is 0.828. The first-order valence-corrected chi connectivity index (χ1v) is 9.48. The van der Waals surface area contributed by atoms with Gasteiger partial charge < -0.3 is 20.7 Å². The number of carbonyl (C=O) groups excluding carboxylic acids is 4. The van der Waals surface area contributed by atoms with Crippen LogP contribution in [0.25, 0.3) is 0 Å². The van der Waals surface area contributed by atoms with E-state index in [0.29, 0.717) is 19.4 Å². The third kappa shape index (κ3) is 6.37. The van der Waals surface area contributed by atoms with Gasteiger partial charge in [0.25, 0.3) is 5.91 Å². The number of alkyl carbamates (subject to hydrolysis) is 1. The summed E-state index contributed by atoms with van der Waals surface area (Å²) in [6.45, 7) is 4.08. The molecule has 0 bridgehead atoms. The van der Waals surface area contributed by atoms with Gasteiger partial charge in [-0.05, 0) is 30.7 Å². The molecule has 0 aliphatic carbocycles. The van der Waals surface area contributed by atoms with Crippen molar-refractivity contribution in [3.05, 3.63) is 35.9 Å². The molecule has 2 unspecified atom stereocenters. The highest BCUT2D eigenvalue weighted by atomic mass is 16.5. The van der Waals surface area contributed by atoms with Crippen molar-refractivity contribution in [3.63, 3.8) is 0 Å². The van der Waals surface area contributed by atoms with E-state index >= 15 is 0 Å². The predicted octanol–water partition coefficient (Wildman–Crippen LogP) is 1.29. The highest BCUT2D eigenvalue weighted by molar-refractivity contribution is 6.38. The number of ketones is 1. The topological polar surface area (TPSA) is 114 Å². The molecule has 1 saturated heterocycles. The molecule has 0 spiro atoms. The summed E-state index contributed by atoms with van der Waals surface area (Å²) in [4.78, 5) is 48.7. The lowest BCUT2D eigenvalue weighted by molar-refractivity contribution is -0.140. The summed E-state index contributed by atoms with van der Waals surface area (Å²) < 4.78 is 5.16. The molecule has 152 valence electrons. The molecule has 2 rings (SSSR count). The van der Waals surface area contributed by atoms with E-state index in [2.05, 4.69) is 16.0 Å². The van der Waals surface area contributed by atoms with Crippen LogP contribution >= 0.6 is 0 Å². The van der Waals surface area contributed by atoms with E-state index in [1.54, 1.807) is 13.8 Å². The summed E-state index contributed by atoms with van der Waals surface area (Å²) in [5, 5.41) is 7.68. The zero-order valence-corrected chi connectivity index (χ0v) is 16.2. The number of ether oxygens (including phenoxy) is 1. The van der Waals surface area contributed by atoms with Crippen LogP contribution in [0.15, 0.2) is 30.3 Å². The Morgan fingerprint density at radius 3 is 2.57 bits per heavy atom. The summed E-state index contributed by atoms with van der Waals surface area (Å²) in [6, 6.07) is 7.41. The Kier molecular flexibility index (Phi) is 7.98. The Morgan fingerprint density at radius 2 is 1.89 bits per heavy atom. The normalized spacial score (nSPS) is 18.5. The molecule has 28 heavy (non-hydrogen) atoms. The molecule has 0 aromatic heterocycles. The van der Waals surface area contributed by atoms with Gasteiger partial charge in [0.2, 0.25) is 11.7 Å². The van der Waals surface area contributed by atoms with Crippen molar-refractivity contribution in [1.29, 1.82) is 0 Å². The highest BCUT2D eigenvalue weighted by Gasteiger charge is 2.32. The predicted molar refractivity (Wildman–Crippen MR) is 102 cm³/mol. The SMILES string of the molecule is CC(C)C(NC(=O)OCc1ccccc1)C(=O)NC1CCCCNC(=O)C1=O. The highest BCUT2D eigenvalue weighted by Crippen LogP contribution is 2.09. The van der Waals surface area contributed by atoms with Gasteiger partial charge in [-0.3, -0.25) is 14.4 Å². The number of rotatable bonds is 6. The molecule has 1 aromatic rings. The molecule has 2 atom stereocenters. The minimum atomic E-state index is -0.892. The first-order valence-electron chi connectivity index (χ1n) is 9.48.